The van der Waals surface area contributed by atoms with E-state index >= 15 is 0 Å². The molecule has 8 nitrogen and oxygen atoms in total. The SMILES string of the molecule is CCCOc1c(OC)cc(C2NN=C3CCN(CCC)CC32)cc1[N+](=O)[O-]. The molecule has 2 aliphatic rings. The third-order valence-corrected chi connectivity index (χ3v) is 5.14. The number of hydrogen-bond acceptors (Lipinski definition) is 7. The Morgan fingerprint density at radius 2 is 2.19 bits per heavy atom. The number of benzene rings is 1. The Morgan fingerprint density at radius 3 is 2.85 bits per heavy atom. The summed E-state index contributed by atoms with van der Waals surface area (Å²) in [6.45, 7) is 7.53. The van der Waals surface area contributed by atoms with Crippen LogP contribution in [0, 0.1) is 16.0 Å². The predicted molar refractivity (Wildman–Crippen MR) is 104 cm³/mol. The first-order valence-electron chi connectivity index (χ1n) is 9.62. The summed E-state index contributed by atoms with van der Waals surface area (Å²) in [5.41, 5.74) is 5.10. The van der Waals surface area contributed by atoms with Crippen LogP contribution < -0.4 is 14.9 Å². The van der Waals surface area contributed by atoms with Crippen LogP contribution in [0.5, 0.6) is 11.5 Å². The molecule has 0 aliphatic carbocycles. The standard InChI is InChI=1S/C19H28N4O4/c1-4-7-22-8-6-15-14(12-22)18(21-20-15)13-10-16(23(24)25)19(27-9-5-2)17(11-13)26-3/h10-11,14,18,21H,4-9,12H2,1-3H3. The molecule has 0 spiro atoms. The Morgan fingerprint density at radius 1 is 1.37 bits per heavy atom. The lowest BCUT2D eigenvalue weighted by atomic mass is 9.86. The molecule has 0 aromatic heterocycles. The van der Waals surface area contributed by atoms with Gasteiger partial charge in [-0.2, -0.15) is 5.10 Å². The van der Waals surface area contributed by atoms with Crippen LogP contribution in [-0.2, 0) is 0 Å². The van der Waals surface area contributed by atoms with Crippen LogP contribution in [-0.4, -0.2) is 48.9 Å². The fourth-order valence-corrected chi connectivity index (χ4v) is 3.86. The molecule has 1 N–H and O–H groups in total. The fourth-order valence-electron chi connectivity index (χ4n) is 3.86. The van der Waals surface area contributed by atoms with Crippen LogP contribution in [0.25, 0.3) is 0 Å². The monoisotopic (exact) mass is 376 g/mol. The second kappa shape index (κ2) is 8.56. The van der Waals surface area contributed by atoms with Crippen molar-refractivity contribution in [1.82, 2.24) is 10.3 Å². The first-order chi connectivity index (χ1) is 13.1. The van der Waals surface area contributed by atoms with Crippen molar-refractivity contribution in [1.29, 1.82) is 0 Å². The van der Waals surface area contributed by atoms with Gasteiger partial charge in [0.15, 0.2) is 5.75 Å². The molecule has 0 radical (unpaired) electrons. The van der Waals surface area contributed by atoms with E-state index in [2.05, 4.69) is 22.4 Å². The number of nitro benzene ring substituents is 1. The topological polar surface area (TPSA) is 89.2 Å². The predicted octanol–water partition coefficient (Wildman–Crippen LogP) is 3.12. The van der Waals surface area contributed by atoms with E-state index in [1.807, 2.05) is 13.0 Å². The molecule has 27 heavy (non-hydrogen) atoms. The number of rotatable bonds is 8. The molecule has 2 heterocycles. The molecule has 2 unspecified atom stereocenters. The zero-order chi connectivity index (χ0) is 19.4. The van der Waals surface area contributed by atoms with Crippen LogP contribution >= 0.6 is 0 Å². The highest BCUT2D eigenvalue weighted by molar-refractivity contribution is 5.90. The highest BCUT2D eigenvalue weighted by Gasteiger charge is 2.38. The molecule has 1 aromatic carbocycles. The molecule has 148 valence electrons. The van der Waals surface area contributed by atoms with Gasteiger partial charge < -0.3 is 19.8 Å². The van der Waals surface area contributed by atoms with Gasteiger partial charge in [-0.05, 0) is 31.0 Å². The lowest BCUT2D eigenvalue weighted by Gasteiger charge is -2.33. The van der Waals surface area contributed by atoms with Gasteiger partial charge in [0.1, 0.15) is 0 Å². The quantitative estimate of drug-likeness (QED) is 0.554. The second-order valence-corrected chi connectivity index (χ2v) is 7.04. The summed E-state index contributed by atoms with van der Waals surface area (Å²) in [6, 6.07) is 3.35. The van der Waals surface area contributed by atoms with E-state index in [9.17, 15) is 10.1 Å². The number of nitrogens with one attached hydrogen (secondary N) is 1. The van der Waals surface area contributed by atoms with Gasteiger partial charge in [-0.1, -0.05) is 13.8 Å². The van der Waals surface area contributed by atoms with Crippen molar-refractivity contribution in [2.24, 2.45) is 11.0 Å². The molecule has 3 rings (SSSR count). The molecule has 1 saturated heterocycles. The number of fused-ring (bicyclic) bond motifs is 1. The summed E-state index contributed by atoms with van der Waals surface area (Å²) in [6.07, 6.45) is 2.81. The van der Waals surface area contributed by atoms with Crippen molar-refractivity contribution in [3.63, 3.8) is 0 Å². The highest BCUT2D eigenvalue weighted by atomic mass is 16.6. The zero-order valence-electron chi connectivity index (χ0n) is 16.2. The van der Waals surface area contributed by atoms with E-state index in [-0.39, 0.29) is 23.4 Å². The Balaban J connectivity index is 1.92. The summed E-state index contributed by atoms with van der Waals surface area (Å²) in [5, 5.41) is 16.2. The Labute approximate surface area is 159 Å². The average molecular weight is 376 g/mol. The summed E-state index contributed by atoms with van der Waals surface area (Å²) in [7, 11) is 1.51. The van der Waals surface area contributed by atoms with Crippen LogP contribution in [0.3, 0.4) is 0 Å². The number of piperidine rings is 1. The van der Waals surface area contributed by atoms with E-state index in [0.717, 1.165) is 50.2 Å². The molecular formula is C19H28N4O4. The molecule has 8 heteroatoms. The molecule has 2 aliphatic heterocycles. The van der Waals surface area contributed by atoms with Gasteiger partial charge in [0.05, 0.1) is 24.7 Å². The smallest absolute Gasteiger partial charge is 0.315 e. The summed E-state index contributed by atoms with van der Waals surface area (Å²) in [5.74, 6) is 0.810. The number of hydrogen-bond donors (Lipinski definition) is 1. The van der Waals surface area contributed by atoms with Crippen LogP contribution in [0.2, 0.25) is 0 Å². The average Bonchev–Trinajstić information content (AvgIpc) is 3.09. The van der Waals surface area contributed by atoms with E-state index in [1.54, 1.807) is 6.07 Å². The molecule has 1 aromatic rings. The molecular weight excluding hydrogens is 348 g/mol. The van der Waals surface area contributed by atoms with Crippen molar-refractivity contribution >= 4 is 11.4 Å². The van der Waals surface area contributed by atoms with Gasteiger partial charge >= 0.3 is 5.69 Å². The number of ether oxygens (including phenoxy) is 2. The van der Waals surface area contributed by atoms with Gasteiger partial charge in [0.25, 0.3) is 0 Å². The summed E-state index contributed by atoms with van der Waals surface area (Å²) in [4.78, 5) is 13.7. The largest absolute Gasteiger partial charge is 0.493 e. The Hall–Kier alpha value is -2.35. The maximum absolute atomic E-state index is 11.7. The number of hydrazone groups is 1. The fraction of sp³-hybridized carbons (Fsp3) is 0.632. The van der Waals surface area contributed by atoms with Gasteiger partial charge in [-0.3, -0.25) is 10.1 Å². The minimum absolute atomic E-state index is 0.0609. The lowest BCUT2D eigenvalue weighted by Crippen LogP contribution is -2.42. The second-order valence-electron chi connectivity index (χ2n) is 7.04. The molecule has 0 amide bonds. The van der Waals surface area contributed by atoms with E-state index in [0.29, 0.717) is 12.4 Å². The van der Waals surface area contributed by atoms with Gasteiger partial charge in [0.2, 0.25) is 5.75 Å². The van der Waals surface area contributed by atoms with Gasteiger partial charge in [-0.15, -0.1) is 0 Å². The van der Waals surface area contributed by atoms with Crippen LogP contribution in [0.1, 0.15) is 44.7 Å². The van der Waals surface area contributed by atoms with Crippen molar-refractivity contribution in [2.45, 2.75) is 39.2 Å². The van der Waals surface area contributed by atoms with E-state index in [1.165, 1.54) is 7.11 Å². The zero-order valence-corrected chi connectivity index (χ0v) is 16.2. The minimum atomic E-state index is -0.405. The van der Waals surface area contributed by atoms with Gasteiger partial charge in [-0.25, -0.2) is 0 Å². The van der Waals surface area contributed by atoms with Gasteiger partial charge in [0, 0.05) is 37.2 Å². The molecule has 2 atom stereocenters. The van der Waals surface area contributed by atoms with E-state index < -0.39 is 4.92 Å². The first-order valence-corrected chi connectivity index (χ1v) is 9.62. The third kappa shape index (κ3) is 4.00. The molecule has 0 saturated carbocycles. The van der Waals surface area contributed by atoms with Crippen molar-refractivity contribution in [3.05, 3.63) is 27.8 Å². The van der Waals surface area contributed by atoms with Crippen LogP contribution in [0.4, 0.5) is 5.69 Å². The number of likely N-dealkylation sites (tertiary alicyclic amines) is 1. The van der Waals surface area contributed by atoms with Crippen molar-refractivity contribution in [3.8, 4) is 11.5 Å². The first kappa shape index (κ1) is 19.4. The maximum Gasteiger partial charge on any atom is 0.315 e. The highest BCUT2D eigenvalue weighted by Crippen LogP contribution is 2.42. The Bertz CT molecular complexity index is 722. The van der Waals surface area contributed by atoms with Crippen molar-refractivity contribution < 1.29 is 14.4 Å². The number of nitro groups is 1. The number of nitrogens with zero attached hydrogens (tertiary/aromatic N) is 3. The minimum Gasteiger partial charge on any atom is -0.493 e. The van der Waals surface area contributed by atoms with E-state index in [4.69, 9.17) is 9.47 Å². The molecule has 1 fully saturated rings. The summed E-state index contributed by atoms with van der Waals surface area (Å²) >= 11 is 0. The Kier molecular flexibility index (Phi) is 6.15. The third-order valence-electron chi connectivity index (χ3n) is 5.14. The van der Waals surface area contributed by atoms with Crippen LogP contribution in [0.15, 0.2) is 17.2 Å². The summed E-state index contributed by atoms with van der Waals surface area (Å²) < 4.78 is 11.0. The lowest BCUT2D eigenvalue weighted by molar-refractivity contribution is -0.386. The normalized spacial score (nSPS) is 22.0. The molecule has 0 bridgehead atoms. The van der Waals surface area contributed by atoms with Crippen molar-refractivity contribution in [2.75, 3.05) is 33.4 Å². The maximum atomic E-state index is 11.7. The number of methoxy groups -OCH3 is 1.